The van der Waals surface area contributed by atoms with Crippen LogP contribution in [-0.2, 0) is 0 Å². The first kappa shape index (κ1) is 13.0. The van der Waals surface area contributed by atoms with Gasteiger partial charge in [-0.3, -0.25) is 0 Å². The van der Waals surface area contributed by atoms with Crippen LogP contribution in [-0.4, -0.2) is 28.5 Å². The molecule has 0 fully saturated rings. The molecule has 0 aromatic heterocycles. The Morgan fingerprint density at radius 3 is 2.47 bits per heavy atom. The molecule has 0 heterocycles. The van der Waals surface area contributed by atoms with E-state index in [1.54, 1.807) is 24.3 Å². The predicted octanol–water partition coefficient (Wildman–Crippen LogP) is 1.75. The molecule has 0 saturated carbocycles. The number of nitrogen functional groups attached to an aromatic ring is 1. The standard InChI is InChI=1S/C14H16N2O3/c15-13-4-1-9(16-5-6-17)7-12(13)11-3-2-10(18)8-14(11)19/h1-4,7-8,16-19H,5-6,15H2. The van der Waals surface area contributed by atoms with Crippen LogP contribution < -0.4 is 11.1 Å². The maximum absolute atomic E-state index is 9.86. The second-order valence-corrected chi connectivity index (χ2v) is 4.15. The summed E-state index contributed by atoms with van der Waals surface area (Å²) in [5.74, 6) is -0.0413. The van der Waals surface area contributed by atoms with Crippen molar-refractivity contribution >= 4 is 11.4 Å². The summed E-state index contributed by atoms with van der Waals surface area (Å²) in [5.41, 5.74) is 8.44. The number of rotatable bonds is 4. The Bertz CT molecular complexity index is 585. The molecule has 2 rings (SSSR count). The molecule has 0 bridgehead atoms. The summed E-state index contributed by atoms with van der Waals surface area (Å²) in [6.07, 6.45) is 0. The van der Waals surface area contributed by atoms with Crippen molar-refractivity contribution in [3.05, 3.63) is 36.4 Å². The maximum Gasteiger partial charge on any atom is 0.127 e. The molecule has 0 atom stereocenters. The van der Waals surface area contributed by atoms with E-state index in [-0.39, 0.29) is 18.1 Å². The third-order valence-electron chi connectivity index (χ3n) is 2.77. The van der Waals surface area contributed by atoms with Crippen molar-refractivity contribution in [3.63, 3.8) is 0 Å². The van der Waals surface area contributed by atoms with E-state index in [1.165, 1.54) is 12.1 Å². The first-order valence-electron chi connectivity index (χ1n) is 5.88. The average Bonchev–Trinajstić information content (AvgIpc) is 2.38. The van der Waals surface area contributed by atoms with Crippen LogP contribution >= 0.6 is 0 Å². The van der Waals surface area contributed by atoms with Gasteiger partial charge in [0.1, 0.15) is 11.5 Å². The van der Waals surface area contributed by atoms with E-state index in [0.29, 0.717) is 23.4 Å². The quantitative estimate of drug-likeness (QED) is 0.539. The summed E-state index contributed by atoms with van der Waals surface area (Å²) < 4.78 is 0. The molecule has 5 heteroatoms. The van der Waals surface area contributed by atoms with E-state index in [4.69, 9.17) is 10.8 Å². The average molecular weight is 260 g/mol. The van der Waals surface area contributed by atoms with Gasteiger partial charge in [0.15, 0.2) is 0 Å². The Kier molecular flexibility index (Phi) is 3.77. The van der Waals surface area contributed by atoms with E-state index >= 15 is 0 Å². The number of benzene rings is 2. The lowest BCUT2D eigenvalue weighted by Crippen LogP contribution is -2.05. The minimum atomic E-state index is -0.0361. The number of aliphatic hydroxyl groups excluding tert-OH is 1. The molecular formula is C14H16N2O3. The SMILES string of the molecule is Nc1ccc(NCCO)cc1-c1ccc(O)cc1O. The molecule has 2 aromatic carbocycles. The normalized spacial score (nSPS) is 10.4. The van der Waals surface area contributed by atoms with Gasteiger partial charge in [0.2, 0.25) is 0 Å². The molecule has 0 aliphatic heterocycles. The summed E-state index contributed by atoms with van der Waals surface area (Å²) in [6.45, 7) is 0.467. The fourth-order valence-electron chi connectivity index (χ4n) is 1.85. The van der Waals surface area contributed by atoms with Crippen LogP contribution in [0, 0.1) is 0 Å². The molecule has 0 amide bonds. The van der Waals surface area contributed by atoms with Crippen LogP contribution in [0.15, 0.2) is 36.4 Å². The van der Waals surface area contributed by atoms with Crippen molar-refractivity contribution in [1.29, 1.82) is 0 Å². The Labute approximate surface area is 110 Å². The van der Waals surface area contributed by atoms with Crippen LogP contribution in [0.5, 0.6) is 11.5 Å². The van der Waals surface area contributed by atoms with E-state index < -0.39 is 0 Å². The van der Waals surface area contributed by atoms with E-state index in [1.807, 2.05) is 0 Å². The van der Waals surface area contributed by atoms with E-state index in [2.05, 4.69) is 5.32 Å². The van der Waals surface area contributed by atoms with Gasteiger partial charge < -0.3 is 26.4 Å². The molecule has 0 aliphatic rings. The summed E-state index contributed by atoms with van der Waals surface area (Å²) in [4.78, 5) is 0. The van der Waals surface area contributed by atoms with Gasteiger partial charge in [-0.15, -0.1) is 0 Å². The molecule has 0 radical (unpaired) electrons. The van der Waals surface area contributed by atoms with Crippen molar-refractivity contribution in [3.8, 4) is 22.6 Å². The van der Waals surface area contributed by atoms with Crippen LogP contribution in [0.3, 0.4) is 0 Å². The van der Waals surface area contributed by atoms with Crippen LogP contribution in [0.4, 0.5) is 11.4 Å². The number of hydrogen-bond donors (Lipinski definition) is 5. The minimum absolute atomic E-state index is 0.00520. The van der Waals surface area contributed by atoms with Gasteiger partial charge in [-0.1, -0.05) is 0 Å². The Morgan fingerprint density at radius 2 is 1.79 bits per heavy atom. The van der Waals surface area contributed by atoms with Crippen LogP contribution in [0.25, 0.3) is 11.1 Å². The number of hydrogen-bond acceptors (Lipinski definition) is 5. The molecular weight excluding hydrogens is 244 g/mol. The van der Waals surface area contributed by atoms with E-state index in [9.17, 15) is 10.2 Å². The molecule has 100 valence electrons. The third-order valence-corrected chi connectivity index (χ3v) is 2.77. The topological polar surface area (TPSA) is 98.7 Å². The third kappa shape index (κ3) is 2.89. The van der Waals surface area contributed by atoms with Crippen LogP contribution in [0.2, 0.25) is 0 Å². The molecule has 0 aliphatic carbocycles. The zero-order valence-corrected chi connectivity index (χ0v) is 10.3. The molecule has 0 unspecified atom stereocenters. The highest BCUT2D eigenvalue weighted by Gasteiger charge is 2.09. The Balaban J connectivity index is 2.42. The van der Waals surface area contributed by atoms with Crippen molar-refractivity contribution < 1.29 is 15.3 Å². The van der Waals surface area contributed by atoms with E-state index in [0.717, 1.165) is 5.69 Å². The lowest BCUT2D eigenvalue weighted by Gasteiger charge is -2.11. The highest BCUT2D eigenvalue weighted by Crippen LogP contribution is 2.36. The number of phenolic OH excluding ortho intramolecular Hbond substituents is 2. The molecule has 5 nitrogen and oxygen atoms in total. The molecule has 0 saturated heterocycles. The Hall–Kier alpha value is -2.40. The molecule has 2 aromatic rings. The number of aliphatic hydroxyl groups is 1. The maximum atomic E-state index is 9.86. The van der Waals surface area contributed by atoms with Gasteiger partial charge in [-0.05, 0) is 30.3 Å². The summed E-state index contributed by atoms with van der Waals surface area (Å²) >= 11 is 0. The number of anilines is 2. The number of phenols is 2. The zero-order chi connectivity index (χ0) is 13.8. The highest BCUT2D eigenvalue weighted by molar-refractivity contribution is 5.83. The highest BCUT2D eigenvalue weighted by atomic mass is 16.3. The number of aromatic hydroxyl groups is 2. The van der Waals surface area contributed by atoms with Gasteiger partial charge in [0.25, 0.3) is 0 Å². The lowest BCUT2D eigenvalue weighted by atomic mass is 10.0. The van der Waals surface area contributed by atoms with Gasteiger partial charge in [0.05, 0.1) is 6.61 Å². The van der Waals surface area contributed by atoms with Gasteiger partial charge in [-0.25, -0.2) is 0 Å². The van der Waals surface area contributed by atoms with Gasteiger partial charge in [0, 0.05) is 35.1 Å². The zero-order valence-electron chi connectivity index (χ0n) is 10.3. The molecule has 0 spiro atoms. The fourth-order valence-corrected chi connectivity index (χ4v) is 1.85. The molecule has 19 heavy (non-hydrogen) atoms. The molecule has 6 N–H and O–H groups in total. The van der Waals surface area contributed by atoms with Crippen molar-refractivity contribution in [2.45, 2.75) is 0 Å². The van der Waals surface area contributed by atoms with Crippen molar-refractivity contribution in [2.24, 2.45) is 0 Å². The smallest absolute Gasteiger partial charge is 0.127 e. The summed E-state index contributed by atoms with van der Waals surface area (Å²) in [5, 5.41) is 31.0. The first-order valence-corrected chi connectivity index (χ1v) is 5.88. The van der Waals surface area contributed by atoms with Crippen molar-refractivity contribution in [1.82, 2.24) is 0 Å². The second-order valence-electron chi connectivity index (χ2n) is 4.15. The first-order chi connectivity index (χ1) is 9.11. The van der Waals surface area contributed by atoms with Crippen molar-refractivity contribution in [2.75, 3.05) is 24.2 Å². The lowest BCUT2D eigenvalue weighted by molar-refractivity contribution is 0.311. The van der Waals surface area contributed by atoms with Gasteiger partial charge >= 0.3 is 0 Å². The largest absolute Gasteiger partial charge is 0.508 e. The fraction of sp³-hybridized carbons (Fsp3) is 0.143. The predicted molar refractivity (Wildman–Crippen MR) is 75.2 cm³/mol. The Morgan fingerprint density at radius 1 is 1.00 bits per heavy atom. The van der Waals surface area contributed by atoms with Gasteiger partial charge in [-0.2, -0.15) is 0 Å². The minimum Gasteiger partial charge on any atom is -0.508 e. The number of nitrogens with two attached hydrogens (primary N) is 1. The monoisotopic (exact) mass is 260 g/mol. The summed E-state index contributed by atoms with van der Waals surface area (Å²) in [6, 6.07) is 9.67. The summed E-state index contributed by atoms with van der Waals surface area (Å²) in [7, 11) is 0. The van der Waals surface area contributed by atoms with Crippen LogP contribution in [0.1, 0.15) is 0 Å². The number of nitrogens with one attached hydrogen (secondary N) is 1. The second kappa shape index (κ2) is 5.49.